The summed E-state index contributed by atoms with van der Waals surface area (Å²) in [5.74, 6) is 2.90. The first kappa shape index (κ1) is 19.5. The zero-order valence-corrected chi connectivity index (χ0v) is 17.4. The minimum absolute atomic E-state index is 0. The average molecular weight is 447 g/mol. The Morgan fingerprint density at radius 1 is 1.38 bits per heavy atom. The monoisotopic (exact) mass is 447 g/mol. The van der Waals surface area contributed by atoms with Gasteiger partial charge in [-0.15, -0.1) is 24.0 Å². The Bertz CT molecular complexity index is 553. The maximum atomic E-state index is 5.28. The zero-order chi connectivity index (χ0) is 16.3. The van der Waals surface area contributed by atoms with Gasteiger partial charge in [-0.1, -0.05) is 25.4 Å². The predicted molar refractivity (Wildman–Crippen MR) is 106 cm³/mol. The number of nitrogens with zero attached hydrogens (tertiary/aromatic N) is 4. The van der Waals surface area contributed by atoms with Gasteiger partial charge in [0.05, 0.1) is 0 Å². The SMILES string of the molecule is CN=C(NCCCc1nc(C(C)C)no1)N1CCC2(CCC2)C1.I. The fraction of sp³-hybridized carbons (Fsp3) is 0.824. The van der Waals surface area contributed by atoms with Crippen LogP contribution in [0.2, 0.25) is 0 Å². The fourth-order valence-electron chi connectivity index (χ4n) is 3.58. The molecule has 136 valence electrons. The number of aryl methyl sites for hydroxylation is 1. The van der Waals surface area contributed by atoms with Gasteiger partial charge in [0.25, 0.3) is 0 Å². The van der Waals surface area contributed by atoms with E-state index >= 15 is 0 Å². The van der Waals surface area contributed by atoms with Gasteiger partial charge < -0.3 is 14.7 Å². The Morgan fingerprint density at radius 3 is 2.71 bits per heavy atom. The van der Waals surface area contributed by atoms with E-state index < -0.39 is 0 Å². The zero-order valence-electron chi connectivity index (χ0n) is 15.0. The summed E-state index contributed by atoms with van der Waals surface area (Å²) in [6.45, 7) is 7.35. The van der Waals surface area contributed by atoms with Crippen molar-refractivity contribution in [2.45, 2.75) is 58.3 Å². The average Bonchev–Trinajstić information content (AvgIpc) is 3.14. The smallest absolute Gasteiger partial charge is 0.226 e. The molecular weight excluding hydrogens is 417 g/mol. The molecule has 0 bridgehead atoms. The lowest BCUT2D eigenvalue weighted by molar-refractivity contribution is 0.151. The summed E-state index contributed by atoms with van der Waals surface area (Å²) in [6.07, 6.45) is 7.31. The molecule has 7 heteroatoms. The number of hydrogen-bond donors (Lipinski definition) is 1. The van der Waals surface area contributed by atoms with Gasteiger partial charge in [-0.05, 0) is 31.1 Å². The van der Waals surface area contributed by atoms with Crippen molar-refractivity contribution in [1.29, 1.82) is 0 Å². The summed E-state index contributed by atoms with van der Waals surface area (Å²) in [5, 5.41) is 7.49. The number of aromatic nitrogens is 2. The number of hydrogen-bond acceptors (Lipinski definition) is 4. The number of rotatable bonds is 5. The van der Waals surface area contributed by atoms with E-state index in [-0.39, 0.29) is 24.0 Å². The summed E-state index contributed by atoms with van der Waals surface area (Å²) < 4.78 is 5.28. The minimum Gasteiger partial charge on any atom is -0.356 e. The Labute approximate surface area is 161 Å². The van der Waals surface area contributed by atoms with E-state index in [0.29, 0.717) is 11.3 Å². The van der Waals surface area contributed by atoms with Gasteiger partial charge in [0, 0.05) is 39.0 Å². The Balaban J connectivity index is 0.00000208. The Morgan fingerprint density at radius 2 is 2.17 bits per heavy atom. The van der Waals surface area contributed by atoms with Gasteiger partial charge in [0.15, 0.2) is 11.8 Å². The largest absolute Gasteiger partial charge is 0.356 e. The van der Waals surface area contributed by atoms with Crippen LogP contribution in [0.15, 0.2) is 9.52 Å². The molecule has 1 saturated carbocycles. The molecule has 0 aromatic carbocycles. The first-order chi connectivity index (χ1) is 11.1. The van der Waals surface area contributed by atoms with E-state index in [9.17, 15) is 0 Å². The first-order valence-electron chi connectivity index (χ1n) is 8.90. The standard InChI is InChI=1S/C17H29N5O.HI/c1-13(2)15-20-14(23-21-15)6-4-10-19-16(18-3)22-11-9-17(12-22)7-5-8-17;/h13H,4-12H2,1-3H3,(H,18,19);1H. The highest BCUT2D eigenvalue weighted by Crippen LogP contribution is 2.47. The molecule has 6 nitrogen and oxygen atoms in total. The van der Waals surface area contributed by atoms with Gasteiger partial charge in [0.2, 0.25) is 5.89 Å². The molecule has 2 fully saturated rings. The maximum absolute atomic E-state index is 5.28. The van der Waals surface area contributed by atoms with Gasteiger partial charge >= 0.3 is 0 Å². The van der Waals surface area contributed by atoms with Crippen LogP contribution in [0.3, 0.4) is 0 Å². The van der Waals surface area contributed by atoms with Crippen LogP contribution in [0.4, 0.5) is 0 Å². The highest BCUT2D eigenvalue weighted by Gasteiger charge is 2.43. The molecule has 1 aromatic heterocycles. The van der Waals surface area contributed by atoms with Crippen molar-refractivity contribution < 1.29 is 4.52 Å². The molecule has 0 unspecified atom stereocenters. The topological polar surface area (TPSA) is 66.5 Å². The van der Waals surface area contributed by atoms with Gasteiger partial charge in [-0.25, -0.2) is 0 Å². The highest BCUT2D eigenvalue weighted by atomic mass is 127. The number of aliphatic imine (C=N–C) groups is 1. The van der Waals surface area contributed by atoms with Gasteiger partial charge in [0.1, 0.15) is 0 Å². The number of likely N-dealkylation sites (tertiary alicyclic amines) is 1. The molecule has 1 saturated heterocycles. The van der Waals surface area contributed by atoms with E-state index in [0.717, 1.165) is 43.6 Å². The van der Waals surface area contributed by atoms with Crippen LogP contribution in [-0.2, 0) is 6.42 Å². The molecule has 3 rings (SSSR count). The molecule has 1 aliphatic carbocycles. The summed E-state index contributed by atoms with van der Waals surface area (Å²) in [5.41, 5.74) is 0.606. The fourth-order valence-corrected chi connectivity index (χ4v) is 3.58. The molecule has 1 aromatic rings. The second-order valence-corrected chi connectivity index (χ2v) is 7.30. The molecule has 24 heavy (non-hydrogen) atoms. The van der Waals surface area contributed by atoms with Crippen molar-refractivity contribution in [2.24, 2.45) is 10.4 Å². The third kappa shape index (κ3) is 4.40. The van der Waals surface area contributed by atoms with Crippen LogP contribution in [0.5, 0.6) is 0 Å². The number of nitrogens with one attached hydrogen (secondary N) is 1. The van der Waals surface area contributed by atoms with Crippen molar-refractivity contribution in [2.75, 3.05) is 26.7 Å². The molecule has 2 aliphatic rings. The van der Waals surface area contributed by atoms with Crippen LogP contribution >= 0.6 is 24.0 Å². The van der Waals surface area contributed by atoms with E-state index in [1.165, 1.54) is 32.2 Å². The van der Waals surface area contributed by atoms with E-state index in [1.54, 1.807) is 0 Å². The van der Waals surface area contributed by atoms with Crippen LogP contribution in [0.1, 0.15) is 63.6 Å². The quantitative estimate of drug-likeness (QED) is 0.325. The molecule has 2 heterocycles. The second kappa shape index (κ2) is 8.49. The first-order valence-corrected chi connectivity index (χ1v) is 8.90. The van der Waals surface area contributed by atoms with Crippen LogP contribution in [-0.4, -0.2) is 47.7 Å². The number of guanidine groups is 1. The Hall–Kier alpha value is -0.860. The summed E-state index contributed by atoms with van der Waals surface area (Å²) in [4.78, 5) is 11.3. The lowest BCUT2D eigenvalue weighted by Crippen LogP contribution is -2.42. The highest BCUT2D eigenvalue weighted by molar-refractivity contribution is 14.0. The molecule has 1 N–H and O–H groups in total. The van der Waals surface area contributed by atoms with Crippen LogP contribution < -0.4 is 5.32 Å². The van der Waals surface area contributed by atoms with E-state index in [1.807, 2.05) is 7.05 Å². The molecule has 1 spiro atoms. The van der Waals surface area contributed by atoms with Crippen molar-refractivity contribution >= 4 is 29.9 Å². The third-order valence-electron chi connectivity index (χ3n) is 5.21. The van der Waals surface area contributed by atoms with Crippen LogP contribution in [0.25, 0.3) is 0 Å². The molecule has 1 aliphatic heterocycles. The number of halogens is 1. The Kier molecular flexibility index (Phi) is 6.88. The maximum Gasteiger partial charge on any atom is 0.226 e. The summed E-state index contributed by atoms with van der Waals surface area (Å²) in [7, 11) is 1.88. The lowest BCUT2D eigenvalue weighted by Gasteiger charge is -2.38. The van der Waals surface area contributed by atoms with Crippen molar-refractivity contribution in [3.05, 3.63) is 11.7 Å². The third-order valence-corrected chi connectivity index (χ3v) is 5.21. The second-order valence-electron chi connectivity index (χ2n) is 7.30. The van der Waals surface area contributed by atoms with Gasteiger partial charge in [-0.3, -0.25) is 4.99 Å². The van der Waals surface area contributed by atoms with Crippen molar-refractivity contribution in [3.63, 3.8) is 0 Å². The molecule has 0 atom stereocenters. The minimum atomic E-state index is 0. The van der Waals surface area contributed by atoms with Crippen LogP contribution in [0, 0.1) is 5.41 Å². The van der Waals surface area contributed by atoms with Gasteiger partial charge in [-0.2, -0.15) is 4.98 Å². The molecule has 0 radical (unpaired) electrons. The van der Waals surface area contributed by atoms with Crippen molar-refractivity contribution in [3.8, 4) is 0 Å². The predicted octanol–water partition coefficient (Wildman–Crippen LogP) is 3.20. The normalized spacial score (nSPS) is 19.5. The molecule has 0 amide bonds. The van der Waals surface area contributed by atoms with E-state index in [2.05, 4.69) is 39.2 Å². The van der Waals surface area contributed by atoms with Crippen molar-refractivity contribution in [1.82, 2.24) is 20.4 Å². The van der Waals surface area contributed by atoms with E-state index in [4.69, 9.17) is 4.52 Å². The summed E-state index contributed by atoms with van der Waals surface area (Å²) >= 11 is 0. The summed E-state index contributed by atoms with van der Waals surface area (Å²) in [6, 6.07) is 0. The lowest BCUT2D eigenvalue weighted by atomic mass is 9.68. The molecular formula is C17H30IN5O.